The van der Waals surface area contributed by atoms with Crippen molar-refractivity contribution in [3.8, 4) is 28.2 Å². The van der Waals surface area contributed by atoms with Gasteiger partial charge in [0, 0.05) is 102 Å². The lowest BCUT2D eigenvalue weighted by molar-refractivity contribution is 0.00578. The monoisotopic (exact) mass is 1590 g/mol. The van der Waals surface area contributed by atoms with Crippen molar-refractivity contribution < 1.29 is 22.5 Å². The average Bonchev–Trinajstić information content (AvgIpc) is 0.894. The maximum absolute atomic E-state index is 14.5. The second kappa shape index (κ2) is 32.6. The molecule has 0 radical (unpaired) electrons. The third-order valence-electron chi connectivity index (χ3n) is 19.7. The Labute approximate surface area is 664 Å². The molecule has 0 amide bonds. The Kier molecular flexibility index (Phi) is 22.4. The number of aromatic nitrogens is 16. The number of hydrogen-bond donors (Lipinski definition) is 6. The number of pyridine rings is 3. The second-order valence-electron chi connectivity index (χ2n) is 28.0. The van der Waals surface area contributed by atoms with Gasteiger partial charge in [-0.2, -0.15) is 10.2 Å². The highest BCUT2D eigenvalue weighted by atomic mass is 35.5. The van der Waals surface area contributed by atoms with Gasteiger partial charge in [0.15, 0.2) is 17.5 Å². The molecule has 17 aromatic rings. The summed E-state index contributed by atoms with van der Waals surface area (Å²) in [5, 5.41) is 20.6. The van der Waals surface area contributed by atoms with Crippen molar-refractivity contribution in [1.29, 1.82) is 0 Å². The fraction of sp³-hybridized carbons (Fsp3) is 0.169. The molecule has 7 N–H and O–H groups in total. The number of benzene rings is 6. The Morgan fingerprint density at radius 2 is 0.851 bits per heavy atom. The van der Waals surface area contributed by atoms with Crippen LogP contribution in [0.3, 0.4) is 0 Å². The van der Waals surface area contributed by atoms with Crippen LogP contribution in [0.15, 0.2) is 241 Å². The number of rotatable bonds is 12. The van der Waals surface area contributed by atoms with E-state index < -0.39 is 23.5 Å². The molecule has 12 heterocycles. The smallest absolute Gasteiger partial charge is 0.399 e. The van der Waals surface area contributed by atoms with Gasteiger partial charge in [0.2, 0.25) is 0 Å². The summed E-state index contributed by atoms with van der Waals surface area (Å²) >= 11 is 18.2. The minimum Gasteiger partial charge on any atom is -0.399 e. The van der Waals surface area contributed by atoms with Gasteiger partial charge in [0.25, 0.3) is 16.7 Å². The van der Waals surface area contributed by atoms with Crippen LogP contribution < -0.4 is 38.5 Å². The standard InChI is InChI=1S/C27H22FN7O.C23H17ClFN5O.C17H15ClN2O.C10H17BN2O2.C6H3ClFN3/c1-16(33-26-24-21(28)13-29-25(24)30-15-31-26)22-11-17-7-6-10-20(18-12-32-34(2)14-18)23(17)27(36)35(22)19-8-4-3-5-9-19;1-13(29-22-20-17(25)11-26-21(20)27-12-28-22)18-10-14-6-5-9-16(24)19(14)23(31)30(18)15-7-3-2-4-8-15;1-11(19)15-10-12-6-5-9-14(18)16(12)17(21)20(15)13-7-3-2-4-8-13;1-9(2)10(3,4)15-11(14-9)8-6-12-13(5)7-8;7-5-4-3(8)1-9-6(4)11-2-10-5/h3-16H,1-2H3,(H2,29,30,31,33);2-13H,1H3,(H2,26,27,28,29);2-11H,19H2,1H3;6-7H,1-5H3;1-2H,(H,9,10,11)/t16-;13-;11-;;/m000../s1. The third kappa shape index (κ3) is 15.7. The number of aromatic amines is 3. The van der Waals surface area contributed by atoms with Crippen molar-refractivity contribution in [2.45, 2.75) is 77.8 Å². The molecule has 0 saturated carbocycles. The zero-order valence-electron chi connectivity index (χ0n) is 62.9. The van der Waals surface area contributed by atoms with Crippen molar-refractivity contribution >= 4 is 124 Å². The van der Waals surface area contributed by atoms with Crippen molar-refractivity contribution in [3.63, 3.8) is 0 Å². The van der Waals surface area contributed by atoms with E-state index in [1.165, 1.54) is 37.6 Å². The minimum atomic E-state index is -0.448. The predicted octanol–water partition coefficient (Wildman–Crippen LogP) is 16.3. The van der Waals surface area contributed by atoms with Crippen molar-refractivity contribution in [1.82, 2.24) is 78.1 Å². The van der Waals surface area contributed by atoms with E-state index in [0.717, 1.165) is 49.8 Å². The molecule has 3 atom stereocenters. The van der Waals surface area contributed by atoms with Crippen LogP contribution >= 0.6 is 34.8 Å². The van der Waals surface area contributed by atoms with Gasteiger partial charge in [-0.1, -0.05) is 132 Å². The highest BCUT2D eigenvalue weighted by molar-refractivity contribution is 6.62. The minimum absolute atomic E-state index is 0.133. The van der Waals surface area contributed by atoms with Gasteiger partial charge in [-0.3, -0.25) is 37.4 Å². The number of nitrogens with one attached hydrogen (secondary N) is 5. The van der Waals surface area contributed by atoms with E-state index in [-0.39, 0.29) is 68.4 Å². The van der Waals surface area contributed by atoms with Gasteiger partial charge in [-0.25, -0.2) is 43.1 Å². The van der Waals surface area contributed by atoms with E-state index in [9.17, 15) is 27.6 Å². The van der Waals surface area contributed by atoms with Gasteiger partial charge < -0.3 is 40.6 Å². The molecule has 1 saturated heterocycles. The fourth-order valence-corrected chi connectivity index (χ4v) is 14.2. The van der Waals surface area contributed by atoms with E-state index in [2.05, 4.69) is 65.7 Å². The summed E-state index contributed by atoms with van der Waals surface area (Å²) in [6.45, 7) is 13.9. The quantitative estimate of drug-likeness (QED) is 0.0489. The second-order valence-corrected chi connectivity index (χ2v) is 29.1. The largest absolute Gasteiger partial charge is 0.498 e. The first-order chi connectivity index (χ1) is 54.7. The van der Waals surface area contributed by atoms with Crippen LogP contribution in [0, 0.1) is 17.5 Å². The Hall–Kier alpha value is -12.6. The molecule has 24 nitrogen and oxygen atoms in total. The first-order valence-corrected chi connectivity index (χ1v) is 37.1. The lowest BCUT2D eigenvalue weighted by atomic mass is 9.82. The molecule has 6 aromatic carbocycles. The Morgan fingerprint density at radius 3 is 1.27 bits per heavy atom. The summed E-state index contributed by atoms with van der Waals surface area (Å²) in [5.41, 5.74) is 13.2. The molecule has 1 aliphatic heterocycles. The molecule has 114 heavy (non-hydrogen) atoms. The number of nitrogens with zero attached hydrogens (tertiary/aromatic N) is 13. The van der Waals surface area contributed by atoms with Gasteiger partial charge in [0.1, 0.15) is 52.7 Å². The summed E-state index contributed by atoms with van der Waals surface area (Å²) in [6.07, 6.45) is 15.1. The van der Waals surface area contributed by atoms with Gasteiger partial charge in [0.05, 0.1) is 71.8 Å². The molecule has 1 aliphatic rings. The summed E-state index contributed by atoms with van der Waals surface area (Å²) in [6, 6.07) is 49.7. The van der Waals surface area contributed by atoms with Crippen LogP contribution in [0.5, 0.6) is 0 Å². The lowest BCUT2D eigenvalue weighted by Gasteiger charge is -2.32. The molecule has 1 fully saturated rings. The van der Waals surface area contributed by atoms with Crippen LogP contribution in [0.1, 0.15) is 83.7 Å². The average molecular weight is 1590 g/mol. The maximum Gasteiger partial charge on any atom is 0.498 e. The van der Waals surface area contributed by atoms with Crippen LogP contribution in [-0.2, 0) is 23.4 Å². The van der Waals surface area contributed by atoms with E-state index in [1.54, 1.807) is 47.6 Å². The number of anilines is 2. The number of para-hydroxylation sites is 3. The molecule has 31 heteroatoms. The van der Waals surface area contributed by atoms with Gasteiger partial charge in [-0.15, -0.1) is 0 Å². The topological polar surface area (TPSA) is 295 Å². The number of nitrogens with two attached hydrogens (primary N) is 1. The Bertz CT molecular complexity index is 6580. The fourth-order valence-electron chi connectivity index (χ4n) is 13.4. The van der Waals surface area contributed by atoms with E-state index in [0.29, 0.717) is 71.9 Å². The number of fused-ring (bicyclic) bond motifs is 6. The van der Waals surface area contributed by atoms with Crippen LogP contribution in [0.25, 0.3) is 93.6 Å². The number of halogens is 6. The highest BCUT2D eigenvalue weighted by Gasteiger charge is 2.52. The van der Waals surface area contributed by atoms with Crippen molar-refractivity contribution in [2.75, 3.05) is 10.6 Å². The molecule has 0 aliphatic carbocycles. The zero-order valence-corrected chi connectivity index (χ0v) is 65.1. The van der Waals surface area contributed by atoms with Gasteiger partial charge in [-0.05, 0) is 137 Å². The molecule has 18 rings (SSSR count). The summed E-state index contributed by atoms with van der Waals surface area (Å²) in [5.74, 6) is -0.626. The number of aryl methyl sites for hydroxylation is 2. The Morgan fingerprint density at radius 1 is 0.465 bits per heavy atom. The number of H-pyrrole nitrogens is 3. The molecular formula is C83H74BCl3F3N19O5. The molecule has 0 spiro atoms. The van der Waals surface area contributed by atoms with Crippen molar-refractivity contribution in [2.24, 2.45) is 19.8 Å². The lowest BCUT2D eigenvalue weighted by Crippen LogP contribution is -2.41. The normalized spacial score (nSPS) is 13.7. The van der Waals surface area contributed by atoms with Crippen LogP contribution in [-0.4, -0.2) is 96.4 Å². The zero-order chi connectivity index (χ0) is 80.4. The maximum atomic E-state index is 14.5. The van der Waals surface area contributed by atoms with Crippen LogP contribution in [0.2, 0.25) is 15.2 Å². The molecule has 576 valence electrons. The SMILES string of the molecule is C[C@H](N)c1cc2cccc(Cl)c2c(=O)n1-c1ccccc1.C[C@H](Nc1ncnc2[nH]cc(F)c12)c1cc2cccc(-c3cnn(C)c3)c2c(=O)n1-c1ccccc1.C[C@H](Nc1ncnc2[nH]cc(F)c12)c1cc2cccc(Cl)c2c(=O)n1-c1ccccc1.Cn1cc(B2OC(C)(C)C(C)(C)O2)cn1.Fc1c[nH]c2ncnc(Cl)c12. The van der Waals surface area contributed by atoms with Crippen LogP contribution in [0.4, 0.5) is 24.8 Å². The van der Waals surface area contributed by atoms with Crippen molar-refractivity contribution in [3.05, 3.63) is 307 Å². The molecule has 0 bridgehead atoms. The first-order valence-electron chi connectivity index (χ1n) is 36.0. The van der Waals surface area contributed by atoms with E-state index >= 15 is 0 Å². The molecular weight excluding hydrogens is 1520 g/mol. The Balaban J connectivity index is 0.000000125. The summed E-state index contributed by atoms with van der Waals surface area (Å²) in [4.78, 5) is 72.8. The number of hydrogen-bond acceptors (Lipinski definition) is 16. The van der Waals surface area contributed by atoms with E-state index in [1.807, 2.05) is 227 Å². The summed E-state index contributed by atoms with van der Waals surface area (Å²) in [7, 11) is 3.43. The third-order valence-corrected chi connectivity index (χ3v) is 20.6. The summed E-state index contributed by atoms with van der Waals surface area (Å²) < 4.78 is 61.8. The van der Waals surface area contributed by atoms with E-state index in [4.69, 9.17) is 49.8 Å². The highest BCUT2D eigenvalue weighted by Crippen LogP contribution is 2.38. The first kappa shape index (κ1) is 78.1. The molecule has 0 unspecified atom stereocenters. The predicted molar refractivity (Wildman–Crippen MR) is 443 cm³/mol. The van der Waals surface area contributed by atoms with Gasteiger partial charge >= 0.3 is 7.12 Å². The molecule has 11 aromatic heterocycles.